The summed E-state index contributed by atoms with van der Waals surface area (Å²) in [5.74, 6) is 2.07. The summed E-state index contributed by atoms with van der Waals surface area (Å²) in [5.41, 5.74) is 1.10. The van der Waals surface area contributed by atoms with E-state index in [0.717, 1.165) is 16.4 Å². The summed E-state index contributed by atoms with van der Waals surface area (Å²) in [7, 11) is 1.53. The number of para-hydroxylation sites is 1. The van der Waals surface area contributed by atoms with E-state index >= 15 is 0 Å². The van der Waals surface area contributed by atoms with Crippen LogP contribution in [0.5, 0.6) is 11.5 Å². The van der Waals surface area contributed by atoms with Crippen LogP contribution in [0.4, 0.5) is 0 Å². The van der Waals surface area contributed by atoms with Gasteiger partial charge in [-0.3, -0.25) is 9.59 Å². The lowest BCUT2D eigenvalue weighted by Crippen LogP contribution is -2.09. The third-order valence-corrected chi connectivity index (χ3v) is 4.87. The van der Waals surface area contributed by atoms with Gasteiger partial charge in [0.15, 0.2) is 11.6 Å². The molecule has 0 fully saturated rings. The molecule has 0 saturated heterocycles. The molecule has 4 nitrogen and oxygen atoms in total. The smallest absolute Gasteiger partial charge is 0.167 e. The SMILES string of the molecule is COc1ccccc1C(=O)CCC(=O)c1ccc2c(c1)OCCS2. The molecule has 2 aromatic rings. The van der Waals surface area contributed by atoms with Crippen molar-refractivity contribution in [1.29, 1.82) is 0 Å². The highest BCUT2D eigenvalue weighted by atomic mass is 32.2. The van der Waals surface area contributed by atoms with Crippen LogP contribution in [0.1, 0.15) is 33.6 Å². The molecule has 1 heterocycles. The van der Waals surface area contributed by atoms with Crippen molar-refractivity contribution in [3.05, 3.63) is 53.6 Å². The number of hydrogen-bond donors (Lipinski definition) is 0. The zero-order valence-corrected chi connectivity index (χ0v) is 14.2. The van der Waals surface area contributed by atoms with Crippen molar-refractivity contribution < 1.29 is 19.1 Å². The first-order valence-electron chi connectivity index (χ1n) is 7.78. The van der Waals surface area contributed by atoms with E-state index in [2.05, 4.69) is 0 Å². The van der Waals surface area contributed by atoms with Crippen molar-refractivity contribution in [3.63, 3.8) is 0 Å². The second kappa shape index (κ2) is 7.53. The monoisotopic (exact) mass is 342 g/mol. The van der Waals surface area contributed by atoms with Crippen molar-refractivity contribution in [1.82, 2.24) is 0 Å². The van der Waals surface area contributed by atoms with Gasteiger partial charge in [-0.05, 0) is 24.3 Å². The van der Waals surface area contributed by atoms with Crippen molar-refractivity contribution in [3.8, 4) is 11.5 Å². The van der Waals surface area contributed by atoms with Gasteiger partial charge in [0, 0.05) is 29.1 Å². The normalized spacial score (nSPS) is 12.9. The first-order valence-corrected chi connectivity index (χ1v) is 8.76. The highest BCUT2D eigenvalue weighted by Crippen LogP contribution is 2.34. The minimum atomic E-state index is -0.0921. The van der Waals surface area contributed by atoms with E-state index in [1.165, 1.54) is 7.11 Å². The highest BCUT2D eigenvalue weighted by molar-refractivity contribution is 7.99. The third kappa shape index (κ3) is 3.62. The Morgan fingerprint density at radius 2 is 1.92 bits per heavy atom. The maximum absolute atomic E-state index is 12.4. The molecule has 0 aliphatic carbocycles. The van der Waals surface area contributed by atoms with Crippen LogP contribution in [0.3, 0.4) is 0 Å². The fraction of sp³-hybridized carbons (Fsp3) is 0.263. The van der Waals surface area contributed by atoms with E-state index in [1.807, 2.05) is 12.1 Å². The van der Waals surface area contributed by atoms with Gasteiger partial charge in [0.2, 0.25) is 0 Å². The number of fused-ring (bicyclic) bond motifs is 1. The largest absolute Gasteiger partial charge is 0.496 e. The Labute approximate surface area is 145 Å². The van der Waals surface area contributed by atoms with Gasteiger partial charge < -0.3 is 9.47 Å². The van der Waals surface area contributed by atoms with E-state index < -0.39 is 0 Å². The Morgan fingerprint density at radius 3 is 2.75 bits per heavy atom. The van der Waals surface area contributed by atoms with Gasteiger partial charge in [-0.25, -0.2) is 0 Å². The summed E-state index contributed by atoms with van der Waals surface area (Å²) in [6.45, 7) is 0.654. The molecule has 0 aromatic heterocycles. The molecule has 0 amide bonds. The Morgan fingerprint density at radius 1 is 1.12 bits per heavy atom. The van der Waals surface area contributed by atoms with Gasteiger partial charge in [-0.15, -0.1) is 11.8 Å². The predicted octanol–water partition coefficient (Wildman–Crippen LogP) is 4.03. The summed E-state index contributed by atoms with van der Waals surface area (Å²) in [6, 6.07) is 12.5. The van der Waals surface area contributed by atoms with Crippen LogP contribution in [0.25, 0.3) is 0 Å². The summed E-state index contributed by atoms with van der Waals surface area (Å²) >= 11 is 1.72. The maximum Gasteiger partial charge on any atom is 0.167 e. The summed E-state index contributed by atoms with van der Waals surface area (Å²) in [5, 5.41) is 0. The molecule has 1 aliphatic rings. The van der Waals surface area contributed by atoms with Crippen LogP contribution in [0, 0.1) is 0 Å². The molecule has 0 N–H and O–H groups in total. The number of Topliss-reactive ketones (excluding diaryl/α,β-unsaturated/α-hetero) is 2. The highest BCUT2D eigenvalue weighted by Gasteiger charge is 2.17. The Kier molecular flexibility index (Phi) is 5.20. The van der Waals surface area contributed by atoms with E-state index in [-0.39, 0.29) is 24.4 Å². The number of carbonyl (C=O) groups is 2. The van der Waals surface area contributed by atoms with Gasteiger partial charge in [0.1, 0.15) is 11.5 Å². The summed E-state index contributed by atoms with van der Waals surface area (Å²) in [4.78, 5) is 25.8. The molecule has 24 heavy (non-hydrogen) atoms. The number of ether oxygens (including phenoxy) is 2. The zero-order valence-electron chi connectivity index (χ0n) is 13.4. The Bertz CT molecular complexity index is 770. The van der Waals surface area contributed by atoms with E-state index in [9.17, 15) is 9.59 Å². The molecule has 1 aliphatic heterocycles. The number of carbonyl (C=O) groups excluding carboxylic acids is 2. The first kappa shape index (κ1) is 16.6. The van der Waals surface area contributed by atoms with Crippen LogP contribution in [0.2, 0.25) is 0 Å². The fourth-order valence-electron chi connectivity index (χ4n) is 2.60. The fourth-order valence-corrected chi connectivity index (χ4v) is 3.41. The number of hydrogen-bond acceptors (Lipinski definition) is 5. The number of benzene rings is 2. The number of methoxy groups -OCH3 is 1. The van der Waals surface area contributed by atoms with Crippen LogP contribution in [0.15, 0.2) is 47.4 Å². The molecular weight excluding hydrogens is 324 g/mol. The maximum atomic E-state index is 12.4. The lowest BCUT2D eigenvalue weighted by molar-refractivity contribution is 0.0915. The topological polar surface area (TPSA) is 52.6 Å². The average molecular weight is 342 g/mol. The molecule has 0 radical (unpaired) electrons. The molecule has 2 aromatic carbocycles. The minimum absolute atomic E-state index is 0.0554. The van der Waals surface area contributed by atoms with Gasteiger partial charge >= 0.3 is 0 Å². The molecule has 0 saturated carbocycles. The number of ketones is 2. The van der Waals surface area contributed by atoms with Gasteiger partial charge in [-0.1, -0.05) is 18.2 Å². The van der Waals surface area contributed by atoms with Crippen LogP contribution < -0.4 is 9.47 Å². The first-order chi connectivity index (χ1) is 11.7. The second-order valence-corrected chi connectivity index (χ2v) is 6.54. The lowest BCUT2D eigenvalue weighted by atomic mass is 10.0. The van der Waals surface area contributed by atoms with Crippen molar-refractivity contribution in [2.75, 3.05) is 19.5 Å². The summed E-state index contributed by atoms with van der Waals surface area (Å²) < 4.78 is 10.8. The predicted molar refractivity (Wildman–Crippen MR) is 93.6 cm³/mol. The number of thioether (sulfide) groups is 1. The number of rotatable bonds is 6. The van der Waals surface area contributed by atoms with E-state index in [1.54, 1.807) is 42.1 Å². The van der Waals surface area contributed by atoms with E-state index in [0.29, 0.717) is 23.5 Å². The van der Waals surface area contributed by atoms with Crippen LogP contribution >= 0.6 is 11.8 Å². The standard InChI is InChI=1S/C19H18O4S/c1-22-17-5-3-2-4-14(17)16(21)8-7-15(20)13-6-9-19-18(12-13)23-10-11-24-19/h2-6,9,12H,7-8,10-11H2,1H3. The summed E-state index contributed by atoms with van der Waals surface area (Å²) in [6.07, 6.45) is 0.328. The molecule has 0 bridgehead atoms. The van der Waals surface area contributed by atoms with Gasteiger partial charge in [-0.2, -0.15) is 0 Å². The Hall–Kier alpha value is -2.27. The minimum Gasteiger partial charge on any atom is -0.496 e. The average Bonchev–Trinajstić information content (AvgIpc) is 2.65. The molecular formula is C19H18O4S. The molecule has 0 unspecified atom stereocenters. The van der Waals surface area contributed by atoms with Crippen LogP contribution in [-0.4, -0.2) is 31.0 Å². The molecule has 3 rings (SSSR count). The molecule has 5 heteroatoms. The van der Waals surface area contributed by atoms with Crippen molar-refractivity contribution in [2.45, 2.75) is 17.7 Å². The van der Waals surface area contributed by atoms with Crippen molar-refractivity contribution in [2.24, 2.45) is 0 Å². The van der Waals surface area contributed by atoms with Gasteiger partial charge in [0.05, 0.1) is 19.3 Å². The molecule has 0 spiro atoms. The van der Waals surface area contributed by atoms with E-state index in [4.69, 9.17) is 9.47 Å². The van der Waals surface area contributed by atoms with Gasteiger partial charge in [0.25, 0.3) is 0 Å². The Balaban J connectivity index is 1.66. The second-order valence-electron chi connectivity index (χ2n) is 5.41. The molecule has 124 valence electrons. The lowest BCUT2D eigenvalue weighted by Gasteiger charge is -2.17. The quantitative estimate of drug-likeness (QED) is 0.742. The van der Waals surface area contributed by atoms with Crippen molar-refractivity contribution >= 4 is 23.3 Å². The zero-order chi connectivity index (χ0) is 16.9. The third-order valence-electron chi connectivity index (χ3n) is 3.85. The van der Waals surface area contributed by atoms with Crippen LogP contribution in [-0.2, 0) is 0 Å². The molecule has 0 atom stereocenters.